The van der Waals surface area contributed by atoms with E-state index in [2.05, 4.69) is 60.8 Å². The van der Waals surface area contributed by atoms with Gasteiger partial charge in [0.05, 0.1) is 5.71 Å². The largest absolute Gasteiger partial charge is 0.483 e. The summed E-state index contributed by atoms with van der Waals surface area (Å²) in [7, 11) is 0. The van der Waals surface area contributed by atoms with Crippen LogP contribution >= 0.6 is 0 Å². The standard InChI is InChI=1S/C24H26N2O2/c1-16(2)22-12-9-17(3)13-23(22)28-15-24(27)26-25-18(4)20-11-10-19-7-5-6-8-21(19)14-20/h5-14,16H,15H2,1-4H3,(H,26,27)/b25-18-. The zero-order valence-corrected chi connectivity index (χ0v) is 16.8. The fraction of sp³-hybridized carbons (Fsp3) is 0.250. The van der Waals surface area contributed by atoms with Gasteiger partial charge in [0.25, 0.3) is 5.91 Å². The molecule has 0 aliphatic rings. The Morgan fingerprint density at radius 3 is 2.54 bits per heavy atom. The number of benzene rings is 3. The van der Waals surface area contributed by atoms with E-state index >= 15 is 0 Å². The molecule has 0 saturated carbocycles. The zero-order chi connectivity index (χ0) is 20.1. The summed E-state index contributed by atoms with van der Waals surface area (Å²) in [6.45, 7) is 8.03. The van der Waals surface area contributed by atoms with Gasteiger partial charge in [-0.1, -0.05) is 62.4 Å². The summed E-state index contributed by atoms with van der Waals surface area (Å²) in [5, 5.41) is 6.55. The van der Waals surface area contributed by atoms with Gasteiger partial charge in [-0.15, -0.1) is 0 Å². The molecular weight excluding hydrogens is 348 g/mol. The summed E-state index contributed by atoms with van der Waals surface area (Å²) < 4.78 is 5.76. The number of hydrogen-bond acceptors (Lipinski definition) is 3. The van der Waals surface area contributed by atoms with Crippen molar-refractivity contribution >= 4 is 22.4 Å². The molecule has 1 amide bonds. The van der Waals surface area contributed by atoms with Crippen LogP contribution in [0.3, 0.4) is 0 Å². The lowest BCUT2D eigenvalue weighted by Gasteiger charge is -2.14. The van der Waals surface area contributed by atoms with Crippen molar-refractivity contribution in [3.63, 3.8) is 0 Å². The van der Waals surface area contributed by atoms with Crippen LogP contribution in [0.5, 0.6) is 5.75 Å². The summed E-state index contributed by atoms with van der Waals surface area (Å²) in [4.78, 5) is 12.2. The maximum Gasteiger partial charge on any atom is 0.277 e. The average molecular weight is 374 g/mol. The Hall–Kier alpha value is -3.14. The fourth-order valence-electron chi connectivity index (χ4n) is 3.04. The predicted octanol–water partition coefficient (Wildman–Crippen LogP) is 5.19. The molecule has 0 saturated heterocycles. The van der Waals surface area contributed by atoms with Gasteiger partial charge >= 0.3 is 0 Å². The lowest BCUT2D eigenvalue weighted by Crippen LogP contribution is -2.26. The molecule has 0 unspecified atom stereocenters. The summed E-state index contributed by atoms with van der Waals surface area (Å²) >= 11 is 0. The minimum Gasteiger partial charge on any atom is -0.483 e. The van der Waals surface area contributed by atoms with E-state index in [1.807, 2.05) is 38.1 Å². The highest BCUT2D eigenvalue weighted by molar-refractivity contribution is 6.02. The van der Waals surface area contributed by atoms with Crippen molar-refractivity contribution in [3.8, 4) is 5.75 Å². The van der Waals surface area contributed by atoms with E-state index in [1.165, 1.54) is 5.39 Å². The molecule has 0 fully saturated rings. The Bertz CT molecular complexity index is 1020. The van der Waals surface area contributed by atoms with E-state index in [0.29, 0.717) is 5.92 Å². The van der Waals surface area contributed by atoms with Crippen LogP contribution in [0.4, 0.5) is 0 Å². The van der Waals surface area contributed by atoms with Gasteiger partial charge in [0.2, 0.25) is 0 Å². The van der Waals surface area contributed by atoms with E-state index in [1.54, 1.807) is 0 Å². The first-order valence-electron chi connectivity index (χ1n) is 9.49. The SMILES string of the molecule is C/C(=N/NC(=O)COc1cc(C)ccc1C(C)C)c1ccc2ccccc2c1. The molecule has 3 aromatic rings. The quantitative estimate of drug-likeness (QED) is 0.477. The number of ether oxygens (including phenoxy) is 1. The van der Waals surface area contributed by atoms with E-state index in [9.17, 15) is 4.79 Å². The van der Waals surface area contributed by atoms with Crippen molar-refractivity contribution in [2.24, 2.45) is 5.10 Å². The van der Waals surface area contributed by atoms with Crippen LogP contribution < -0.4 is 10.2 Å². The number of amides is 1. The zero-order valence-electron chi connectivity index (χ0n) is 16.8. The maximum absolute atomic E-state index is 12.2. The number of nitrogens with one attached hydrogen (secondary N) is 1. The summed E-state index contributed by atoms with van der Waals surface area (Å²) in [5.74, 6) is 0.795. The molecule has 4 heteroatoms. The Labute approximate surface area is 166 Å². The lowest BCUT2D eigenvalue weighted by atomic mass is 10.0. The minimum atomic E-state index is -0.281. The molecule has 0 spiro atoms. The van der Waals surface area contributed by atoms with E-state index < -0.39 is 0 Å². The van der Waals surface area contributed by atoms with E-state index in [0.717, 1.165) is 33.5 Å². The van der Waals surface area contributed by atoms with Crippen LogP contribution in [0.15, 0.2) is 65.8 Å². The summed E-state index contributed by atoms with van der Waals surface area (Å²) in [5.41, 5.74) is 6.50. The second kappa shape index (κ2) is 8.70. The van der Waals surface area contributed by atoms with E-state index in [4.69, 9.17) is 4.74 Å². The van der Waals surface area contributed by atoms with Gasteiger partial charge < -0.3 is 4.74 Å². The first kappa shape index (κ1) is 19.6. The second-order valence-corrected chi connectivity index (χ2v) is 7.28. The number of fused-ring (bicyclic) bond motifs is 1. The monoisotopic (exact) mass is 374 g/mol. The topological polar surface area (TPSA) is 50.7 Å². The van der Waals surface area contributed by atoms with Gasteiger partial charge in [-0.2, -0.15) is 5.10 Å². The van der Waals surface area contributed by atoms with Crippen LogP contribution in [0.25, 0.3) is 10.8 Å². The van der Waals surface area contributed by atoms with Crippen LogP contribution in [-0.4, -0.2) is 18.2 Å². The van der Waals surface area contributed by atoms with Gasteiger partial charge in [-0.3, -0.25) is 4.79 Å². The predicted molar refractivity (Wildman–Crippen MR) is 115 cm³/mol. The van der Waals surface area contributed by atoms with Crippen molar-refractivity contribution < 1.29 is 9.53 Å². The molecule has 0 heterocycles. The number of nitrogens with zero attached hydrogens (tertiary/aromatic N) is 1. The number of hydrazone groups is 1. The van der Waals surface area contributed by atoms with Crippen LogP contribution in [0, 0.1) is 6.92 Å². The third-order valence-corrected chi connectivity index (χ3v) is 4.67. The van der Waals surface area contributed by atoms with E-state index in [-0.39, 0.29) is 12.5 Å². The molecule has 144 valence electrons. The first-order chi connectivity index (χ1) is 13.4. The Kier molecular flexibility index (Phi) is 6.09. The van der Waals surface area contributed by atoms with Gasteiger partial charge in [0.15, 0.2) is 6.61 Å². The number of aryl methyl sites for hydroxylation is 1. The van der Waals surface area contributed by atoms with Crippen molar-refractivity contribution in [2.75, 3.05) is 6.61 Å². The molecule has 28 heavy (non-hydrogen) atoms. The van der Waals surface area contributed by atoms with Gasteiger partial charge in [-0.05, 0) is 59.4 Å². The molecule has 0 radical (unpaired) electrons. The van der Waals surface area contributed by atoms with Crippen LogP contribution in [0.1, 0.15) is 43.4 Å². The first-order valence-corrected chi connectivity index (χ1v) is 9.49. The molecule has 0 aliphatic carbocycles. The van der Waals surface area contributed by atoms with Gasteiger partial charge in [0.1, 0.15) is 5.75 Å². The number of carbonyl (C=O) groups excluding carboxylic acids is 1. The molecule has 1 N–H and O–H groups in total. The Morgan fingerprint density at radius 1 is 1.04 bits per heavy atom. The summed E-state index contributed by atoms with van der Waals surface area (Å²) in [6.07, 6.45) is 0. The van der Waals surface area contributed by atoms with Crippen molar-refractivity contribution in [1.29, 1.82) is 0 Å². The van der Waals surface area contributed by atoms with Crippen molar-refractivity contribution in [3.05, 3.63) is 77.4 Å². The molecule has 0 atom stereocenters. The number of hydrogen-bond donors (Lipinski definition) is 1. The molecule has 3 rings (SSSR count). The normalized spacial score (nSPS) is 11.7. The number of rotatable bonds is 6. The number of carbonyl (C=O) groups is 1. The maximum atomic E-state index is 12.2. The highest BCUT2D eigenvalue weighted by Gasteiger charge is 2.10. The lowest BCUT2D eigenvalue weighted by molar-refractivity contribution is -0.123. The molecule has 0 bridgehead atoms. The van der Waals surface area contributed by atoms with Crippen LogP contribution in [0.2, 0.25) is 0 Å². The highest BCUT2D eigenvalue weighted by Crippen LogP contribution is 2.27. The minimum absolute atomic E-state index is 0.0718. The van der Waals surface area contributed by atoms with Crippen molar-refractivity contribution in [2.45, 2.75) is 33.6 Å². The molecule has 0 aromatic heterocycles. The third-order valence-electron chi connectivity index (χ3n) is 4.67. The fourth-order valence-corrected chi connectivity index (χ4v) is 3.04. The Balaban J connectivity index is 1.64. The third kappa shape index (κ3) is 4.77. The van der Waals surface area contributed by atoms with Crippen molar-refractivity contribution in [1.82, 2.24) is 5.43 Å². The second-order valence-electron chi connectivity index (χ2n) is 7.28. The van der Waals surface area contributed by atoms with Crippen LogP contribution in [-0.2, 0) is 4.79 Å². The summed E-state index contributed by atoms with van der Waals surface area (Å²) in [6, 6.07) is 20.4. The molecule has 0 aliphatic heterocycles. The van der Waals surface area contributed by atoms with Gasteiger partial charge in [0, 0.05) is 0 Å². The highest BCUT2D eigenvalue weighted by atomic mass is 16.5. The average Bonchev–Trinajstić information content (AvgIpc) is 2.69. The molecule has 3 aromatic carbocycles. The Morgan fingerprint density at radius 2 is 1.79 bits per heavy atom. The van der Waals surface area contributed by atoms with Gasteiger partial charge in [-0.25, -0.2) is 5.43 Å². The molecule has 4 nitrogen and oxygen atoms in total. The smallest absolute Gasteiger partial charge is 0.277 e. The molecular formula is C24H26N2O2.